The summed E-state index contributed by atoms with van der Waals surface area (Å²) in [6.45, 7) is 7.60. The van der Waals surface area contributed by atoms with E-state index < -0.39 is 8.07 Å². The van der Waals surface area contributed by atoms with Gasteiger partial charge in [0.2, 0.25) is 0 Å². The van der Waals surface area contributed by atoms with Crippen molar-refractivity contribution in [1.29, 1.82) is 0 Å². The predicted octanol–water partition coefficient (Wildman–Crippen LogP) is 1.75. The maximum Gasteiger partial charge on any atom is 0.302 e. The van der Waals surface area contributed by atoms with Gasteiger partial charge in [0, 0.05) is 13.8 Å². The Morgan fingerprint density at radius 3 is 2.07 bits per heavy atom. The average Bonchev–Trinajstić information content (AvgIpc) is 2.09. The van der Waals surface area contributed by atoms with Crippen LogP contribution in [0.1, 0.15) is 20.3 Å². The van der Waals surface area contributed by atoms with Crippen LogP contribution >= 0.6 is 0 Å². The molecular weight excluding hydrogens is 212 g/mol. The van der Waals surface area contributed by atoms with Crippen LogP contribution < -0.4 is 0 Å². The molecule has 0 aliphatic heterocycles. The minimum atomic E-state index is -1.47. The molecule has 0 aromatic rings. The number of hydrogen-bond acceptors (Lipinski definition) is 4. The summed E-state index contributed by atoms with van der Waals surface area (Å²) in [5, 5.41) is 0. The number of ether oxygens (including phenoxy) is 2. The van der Waals surface area contributed by atoms with Crippen molar-refractivity contribution in [2.24, 2.45) is 0 Å². The number of carbonyl (C=O) groups is 2. The molecule has 88 valence electrons. The van der Waals surface area contributed by atoms with E-state index in [1.54, 1.807) is 0 Å². The molecule has 0 unspecified atom stereocenters. The Balaban J connectivity index is 3.64. The van der Waals surface area contributed by atoms with Gasteiger partial charge in [-0.05, 0) is 6.42 Å². The Kier molecular flexibility index (Phi) is 6.23. The minimum Gasteiger partial charge on any atom is -0.470 e. The van der Waals surface area contributed by atoms with Gasteiger partial charge in [0.1, 0.15) is 0 Å². The van der Waals surface area contributed by atoms with E-state index in [4.69, 9.17) is 9.47 Å². The van der Waals surface area contributed by atoms with Gasteiger partial charge >= 0.3 is 11.9 Å². The molecule has 0 rings (SSSR count). The van der Waals surface area contributed by atoms with Crippen molar-refractivity contribution in [3.8, 4) is 0 Å². The Labute approximate surface area is 92.0 Å². The highest BCUT2D eigenvalue weighted by Crippen LogP contribution is 2.12. The molecule has 0 aromatic heterocycles. The maximum absolute atomic E-state index is 10.6. The average molecular weight is 232 g/mol. The van der Waals surface area contributed by atoms with Crippen LogP contribution in [-0.4, -0.2) is 32.8 Å². The van der Waals surface area contributed by atoms with Gasteiger partial charge in [-0.15, -0.1) is 0 Å². The molecule has 0 aromatic carbocycles. The minimum absolute atomic E-state index is 0.226. The van der Waals surface area contributed by atoms with E-state index in [-0.39, 0.29) is 11.9 Å². The van der Waals surface area contributed by atoms with Crippen LogP contribution in [0.5, 0.6) is 0 Å². The van der Waals surface area contributed by atoms with Crippen molar-refractivity contribution in [2.45, 2.75) is 39.4 Å². The highest BCUT2D eigenvalue weighted by molar-refractivity contribution is 6.77. The Morgan fingerprint density at radius 1 is 1.07 bits per heavy atom. The van der Waals surface area contributed by atoms with Gasteiger partial charge in [-0.2, -0.15) is 0 Å². The predicted molar refractivity (Wildman–Crippen MR) is 60.2 cm³/mol. The van der Waals surface area contributed by atoms with Crippen molar-refractivity contribution in [2.75, 3.05) is 12.8 Å². The van der Waals surface area contributed by atoms with Crippen LogP contribution in [0.2, 0.25) is 19.1 Å². The summed E-state index contributed by atoms with van der Waals surface area (Å²) in [4.78, 5) is 21.1. The van der Waals surface area contributed by atoms with Crippen LogP contribution in [0.4, 0.5) is 0 Å². The highest BCUT2D eigenvalue weighted by Gasteiger charge is 2.22. The van der Waals surface area contributed by atoms with Crippen molar-refractivity contribution in [1.82, 2.24) is 0 Å². The SMILES string of the molecule is CC(=O)OCCC[Si](C)(C)COC(C)=O. The molecule has 0 N–H and O–H groups in total. The number of rotatable bonds is 6. The first-order valence-electron chi connectivity index (χ1n) is 5.10. The first-order valence-corrected chi connectivity index (χ1v) is 8.52. The Morgan fingerprint density at radius 2 is 1.60 bits per heavy atom. The lowest BCUT2D eigenvalue weighted by molar-refractivity contribution is -0.141. The summed E-state index contributed by atoms with van der Waals surface area (Å²) in [6, 6.07) is 0.994. The summed E-state index contributed by atoms with van der Waals surface area (Å²) < 4.78 is 9.84. The molecular formula is C10H20O4Si. The van der Waals surface area contributed by atoms with E-state index >= 15 is 0 Å². The first kappa shape index (κ1) is 14.2. The van der Waals surface area contributed by atoms with Crippen LogP contribution in [0.15, 0.2) is 0 Å². The zero-order valence-corrected chi connectivity index (χ0v) is 11.0. The standard InChI is InChI=1S/C10H20O4Si/c1-9(11)13-6-5-7-15(3,4)8-14-10(2)12/h5-8H2,1-4H3. The molecule has 0 bridgehead atoms. The van der Waals surface area contributed by atoms with Crippen molar-refractivity contribution in [3.05, 3.63) is 0 Å². The maximum atomic E-state index is 10.6. The summed E-state index contributed by atoms with van der Waals surface area (Å²) in [5.41, 5.74) is 0. The van der Waals surface area contributed by atoms with Gasteiger partial charge < -0.3 is 9.47 Å². The summed E-state index contributed by atoms with van der Waals surface area (Å²) >= 11 is 0. The largest absolute Gasteiger partial charge is 0.470 e. The highest BCUT2D eigenvalue weighted by atomic mass is 28.3. The third-order valence-electron chi connectivity index (χ3n) is 1.97. The fourth-order valence-electron chi connectivity index (χ4n) is 1.14. The van der Waals surface area contributed by atoms with Gasteiger partial charge in [0.25, 0.3) is 0 Å². The zero-order valence-electron chi connectivity index (χ0n) is 9.96. The van der Waals surface area contributed by atoms with Gasteiger partial charge in [-0.25, -0.2) is 0 Å². The van der Waals surface area contributed by atoms with Gasteiger partial charge in [0.05, 0.1) is 20.9 Å². The van der Waals surface area contributed by atoms with E-state index in [1.165, 1.54) is 13.8 Å². The van der Waals surface area contributed by atoms with Crippen LogP contribution in [0, 0.1) is 0 Å². The Bertz CT molecular complexity index is 225. The summed E-state index contributed by atoms with van der Waals surface area (Å²) in [5.74, 6) is -0.468. The topological polar surface area (TPSA) is 52.6 Å². The van der Waals surface area contributed by atoms with Crippen LogP contribution in [0.3, 0.4) is 0 Å². The molecule has 0 amide bonds. The molecule has 0 radical (unpaired) electrons. The van der Waals surface area contributed by atoms with Gasteiger partial charge in [-0.1, -0.05) is 19.1 Å². The smallest absolute Gasteiger partial charge is 0.302 e. The van der Waals surface area contributed by atoms with Crippen molar-refractivity contribution in [3.63, 3.8) is 0 Å². The van der Waals surface area contributed by atoms with Crippen molar-refractivity contribution >= 4 is 20.0 Å². The van der Waals surface area contributed by atoms with E-state index in [1.807, 2.05) is 0 Å². The zero-order chi connectivity index (χ0) is 11.9. The third kappa shape index (κ3) is 9.46. The lowest BCUT2D eigenvalue weighted by atomic mass is 10.5. The van der Waals surface area contributed by atoms with E-state index in [0.29, 0.717) is 12.8 Å². The number of carbonyl (C=O) groups excluding carboxylic acids is 2. The Hall–Kier alpha value is -0.843. The molecule has 15 heavy (non-hydrogen) atoms. The van der Waals surface area contributed by atoms with Gasteiger partial charge in [0.15, 0.2) is 0 Å². The molecule has 5 heteroatoms. The first-order chi connectivity index (χ1) is 6.83. The normalized spacial score (nSPS) is 10.9. The molecule has 0 heterocycles. The van der Waals surface area contributed by atoms with Crippen molar-refractivity contribution < 1.29 is 19.1 Å². The fourth-order valence-corrected chi connectivity index (χ4v) is 2.98. The second-order valence-corrected chi connectivity index (χ2v) is 9.51. The lowest BCUT2D eigenvalue weighted by Gasteiger charge is -2.21. The molecule has 0 saturated heterocycles. The molecule has 0 aliphatic carbocycles. The van der Waals surface area contributed by atoms with E-state index in [9.17, 15) is 9.59 Å². The quantitative estimate of drug-likeness (QED) is 0.398. The summed E-state index contributed by atoms with van der Waals surface area (Å²) in [6.07, 6.45) is 1.39. The molecule has 0 saturated carbocycles. The molecule has 0 atom stereocenters. The molecule has 0 aliphatic rings. The fraction of sp³-hybridized carbons (Fsp3) is 0.800. The molecule has 4 nitrogen and oxygen atoms in total. The van der Waals surface area contributed by atoms with Crippen LogP contribution in [0.25, 0.3) is 0 Å². The second-order valence-electron chi connectivity index (χ2n) is 4.39. The van der Waals surface area contributed by atoms with Gasteiger partial charge in [-0.3, -0.25) is 9.59 Å². The second kappa shape index (κ2) is 6.61. The number of hydrogen-bond donors (Lipinski definition) is 0. The third-order valence-corrected chi connectivity index (χ3v) is 4.60. The van der Waals surface area contributed by atoms with Crippen LogP contribution in [-0.2, 0) is 19.1 Å². The van der Waals surface area contributed by atoms with E-state index in [2.05, 4.69) is 13.1 Å². The monoisotopic (exact) mass is 232 g/mol. The molecule has 0 fully saturated rings. The molecule has 0 spiro atoms. The lowest BCUT2D eigenvalue weighted by Crippen LogP contribution is -2.33. The number of esters is 2. The summed E-state index contributed by atoms with van der Waals surface area (Å²) in [7, 11) is -1.47. The van der Waals surface area contributed by atoms with E-state index in [0.717, 1.165) is 12.5 Å².